The molecule has 1 N–H and O–H groups in total. The molecule has 0 saturated carbocycles. The molecule has 0 atom stereocenters. The van der Waals surface area contributed by atoms with Crippen LogP contribution in [0.4, 0.5) is 0 Å². The number of rotatable bonds is 4. The molecular weight excluding hydrogens is 234 g/mol. The normalized spacial score (nSPS) is 11.0. The van der Waals surface area contributed by atoms with Gasteiger partial charge in [0, 0.05) is 36.6 Å². The van der Waals surface area contributed by atoms with Crippen molar-refractivity contribution in [3.8, 4) is 0 Å². The lowest BCUT2D eigenvalue weighted by atomic mass is 10.1. The summed E-state index contributed by atoms with van der Waals surface area (Å²) in [6.07, 6.45) is 3.98. The molecule has 3 rings (SSSR count). The SMILES string of the molecule is CNCc1cccn1Cc1cccc2cccnc12. The first kappa shape index (κ1) is 11.9. The van der Waals surface area contributed by atoms with Crippen molar-refractivity contribution in [1.29, 1.82) is 0 Å². The van der Waals surface area contributed by atoms with Crippen LogP contribution >= 0.6 is 0 Å². The Morgan fingerprint density at radius 1 is 1.11 bits per heavy atom. The highest BCUT2D eigenvalue weighted by molar-refractivity contribution is 5.81. The van der Waals surface area contributed by atoms with Crippen molar-refractivity contribution >= 4 is 10.9 Å². The molecule has 2 aromatic heterocycles. The Morgan fingerprint density at radius 2 is 2.00 bits per heavy atom. The van der Waals surface area contributed by atoms with Crippen LogP contribution in [0.2, 0.25) is 0 Å². The second-order valence-electron chi connectivity index (χ2n) is 4.65. The van der Waals surface area contributed by atoms with Gasteiger partial charge in [0.25, 0.3) is 0 Å². The topological polar surface area (TPSA) is 29.9 Å². The number of nitrogens with zero attached hydrogens (tertiary/aromatic N) is 2. The molecule has 2 heterocycles. The fourth-order valence-electron chi connectivity index (χ4n) is 2.42. The monoisotopic (exact) mass is 251 g/mol. The molecule has 0 radical (unpaired) electrons. The molecule has 3 aromatic rings. The van der Waals surface area contributed by atoms with Crippen LogP contribution in [0, 0.1) is 0 Å². The van der Waals surface area contributed by atoms with Crippen molar-refractivity contribution in [2.45, 2.75) is 13.1 Å². The molecule has 3 nitrogen and oxygen atoms in total. The molecule has 0 aliphatic carbocycles. The van der Waals surface area contributed by atoms with Crippen molar-refractivity contribution in [1.82, 2.24) is 14.9 Å². The summed E-state index contributed by atoms with van der Waals surface area (Å²) in [5, 5.41) is 4.39. The second kappa shape index (κ2) is 5.24. The van der Waals surface area contributed by atoms with Crippen LogP contribution in [-0.4, -0.2) is 16.6 Å². The number of pyridine rings is 1. The molecule has 0 spiro atoms. The molecule has 0 amide bonds. The molecule has 0 fully saturated rings. The van der Waals surface area contributed by atoms with E-state index in [0.717, 1.165) is 18.6 Å². The van der Waals surface area contributed by atoms with Gasteiger partial charge in [0.05, 0.1) is 5.52 Å². The highest BCUT2D eigenvalue weighted by Crippen LogP contribution is 2.18. The summed E-state index contributed by atoms with van der Waals surface area (Å²) in [6.45, 7) is 1.74. The van der Waals surface area contributed by atoms with E-state index in [4.69, 9.17) is 0 Å². The lowest BCUT2D eigenvalue weighted by Crippen LogP contribution is -2.11. The average molecular weight is 251 g/mol. The predicted octanol–water partition coefficient (Wildman–Crippen LogP) is 2.80. The molecular formula is C16H17N3. The molecule has 3 heteroatoms. The fourth-order valence-corrected chi connectivity index (χ4v) is 2.42. The lowest BCUT2D eigenvalue weighted by molar-refractivity contribution is 0.695. The number of hydrogen-bond acceptors (Lipinski definition) is 2. The van der Waals surface area contributed by atoms with Crippen LogP contribution in [0.5, 0.6) is 0 Å². The fraction of sp³-hybridized carbons (Fsp3) is 0.188. The average Bonchev–Trinajstić information content (AvgIpc) is 2.87. The van der Waals surface area contributed by atoms with E-state index in [0.29, 0.717) is 0 Å². The third-order valence-corrected chi connectivity index (χ3v) is 3.34. The van der Waals surface area contributed by atoms with Gasteiger partial charge >= 0.3 is 0 Å². The summed E-state index contributed by atoms with van der Waals surface area (Å²) < 4.78 is 2.26. The summed E-state index contributed by atoms with van der Waals surface area (Å²) in [6, 6.07) is 14.7. The van der Waals surface area contributed by atoms with E-state index in [1.807, 2.05) is 19.3 Å². The van der Waals surface area contributed by atoms with Gasteiger partial charge < -0.3 is 9.88 Å². The Bertz CT molecular complexity index is 680. The molecule has 0 unspecified atom stereocenters. The molecule has 0 aliphatic rings. The Hall–Kier alpha value is -2.13. The molecule has 0 aliphatic heterocycles. The van der Waals surface area contributed by atoms with Crippen molar-refractivity contribution in [2.75, 3.05) is 7.05 Å². The van der Waals surface area contributed by atoms with E-state index >= 15 is 0 Å². The number of hydrogen-bond donors (Lipinski definition) is 1. The first-order valence-electron chi connectivity index (χ1n) is 6.50. The largest absolute Gasteiger partial charge is 0.346 e. The zero-order valence-electron chi connectivity index (χ0n) is 11.0. The zero-order chi connectivity index (χ0) is 13.1. The van der Waals surface area contributed by atoms with Gasteiger partial charge in [-0.05, 0) is 30.8 Å². The summed E-state index contributed by atoms with van der Waals surface area (Å²) in [5.74, 6) is 0. The predicted molar refractivity (Wildman–Crippen MR) is 78.0 cm³/mol. The van der Waals surface area contributed by atoms with Crippen LogP contribution in [0.3, 0.4) is 0 Å². The molecule has 19 heavy (non-hydrogen) atoms. The van der Waals surface area contributed by atoms with Crippen LogP contribution in [0.1, 0.15) is 11.3 Å². The number of fused-ring (bicyclic) bond motifs is 1. The van der Waals surface area contributed by atoms with Crippen molar-refractivity contribution in [3.63, 3.8) is 0 Å². The van der Waals surface area contributed by atoms with E-state index < -0.39 is 0 Å². The maximum absolute atomic E-state index is 4.51. The molecule has 0 bridgehead atoms. The molecule has 0 saturated heterocycles. The third kappa shape index (κ3) is 2.37. The number of aromatic nitrogens is 2. The van der Waals surface area contributed by atoms with Crippen LogP contribution in [0.25, 0.3) is 10.9 Å². The number of para-hydroxylation sites is 1. The minimum Gasteiger partial charge on any atom is -0.346 e. The Labute approximate surface area is 112 Å². The third-order valence-electron chi connectivity index (χ3n) is 3.34. The Kier molecular flexibility index (Phi) is 3.29. The van der Waals surface area contributed by atoms with E-state index in [2.05, 4.69) is 57.5 Å². The number of nitrogens with one attached hydrogen (secondary N) is 1. The first-order valence-corrected chi connectivity index (χ1v) is 6.50. The van der Waals surface area contributed by atoms with Gasteiger partial charge in [0.15, 0.2) is 0 Å². The van der Waals surface area contributed by atoms with Gasteiger partial charge in [-0.25, -0.2) is 0 Å². The molecule has 96 valence electrons. The summed E-state index contributed by atoms with van der Waals surface area (Å²) in [5.41, 5.74) is 3.64. The Balaban J connectivity index is 1.99. The van der Waals surface area contributed by atoms with E-state index in [1.165, 1.54) is 16.6 Å². The van der Waals surface area contributed by atoms with E-state index in [1.54, 1.807) is 0 Å². The summed E-state index contributed by atoms with van der Waals surface area (Å²) >= 11 is 0. The first-order chi connectivity index (χ1) is 9.38. The highest BCUT2D eigenvalue weighted by atomic mass is 15.0. The maximum Gasteiger partial charge on any atom is 0.0751 e. The second-order valence-corrected chi connectivity index (χ2v) is 4.65. The highest BCUT2D eigenvalue weighted by Gasteiger charge is 2.05. The van der Waals surface area contributed by atoms with Crippen LogP contribution < -0.4 is 5.32 Å². The Morgan fingerprint density at radius 3 is 2.89 bits per heavy atom. The summed E-state index contributed by atoms with van der Waals surface area (Å²) in [7, 11) is 1.97. The molecule has 1 aromatic carbocycles. The van der Waals surface area contributed by atoms with Crippen LogP contribution in [0.15, 0.2) is 54.9 Å². The van der Waals surface area contributed by atoms with E-state index in [-0.39, 0.29) is 0 Å². The minimum absolute atomic E-state index is 0.859. The smallest absolute Gasteiger partial charge is 0.0751 e. The summed E-state index contributed by atoms with van der Waals surface area (Å²) in [4.78, 5) is 4.51. The van der Waals surface area contributed by atoms with Crippen molar-refractivity contribution in [3.05, 3.63) is 66.1 Å². The van der Waals surface area contributed by atoms with Gasteiger partial charge in [-0.15, -0.1) is 0 Å². The number of benzene rings is 1. The quantitative estimate of drug-likeness (QED) is 0.772. The van der Waals surface area contributed by atoms with Gasteiger partial charge in [-0.2, -0.15) is 0 Å². The zero-order valence-corrected chi connectivity index (χ0v) is 11.0. The van der Waals surface area contributed by atoms with Gasteiger partial charge in [0.2, 0.25) is 0 Å². The van der Waals surface area contributed by atoms with Gasteiger partial charge in [-0.1, -0.05) is 24.3 Å². The van der Waals surface area contributed by atoms with Gasteiger partial charge in [-0.3, -0.25) is 4.98 Å². The van der Waals surface area contributed by atoms with Crippen LogP contribution in [-0.2, 0) is 13.1 Å². The van der Waals surface area contributed by atoms with Gasteiger partial charge in [0.1, 0.15) is 0 Å². The standard InChI is InChI=1S/C16H17N3/c1-17-11-15-8-4-10-19(15)12-14-6-2-5-13-7-3-9-18-16(13)14/h2-10,17H,11-12H2,1H3. The van der Waals surface area contributed by atoms with Crippen molar-refractivity contribution < 1.29 is 0 Å². The van der Waals surface area contributed by atoms with Crippen molar-refractivity contribution in [2.24, 2.45) is 0 Å². The maximum atomic E-state index is 4.51. The lowest BCUT2D eigenvalue weighted by Gasteiger charge is -2.10. The minimum atomic E-state index is 0.859. The van der Waals surface area contributed by atoms with E-state index in [9.17, 15) is 0 Å².